The number of piperazine rings is 1. The number of amides is 3. The molecule has 2 aromatic rings. The number of nitrogens with zero attached hydrogens (tertiary/aromatic N) is 4. The number of anilines is 1. The van der Waals surface area contributed by atoms with E-state index in [4.69, 9.17) is 4.74 Å². The molecular formula is C29H36N4O4. The van der Waals surface area contributed by atoms with Gasteiger partial charge in [0.05, 0.1) is 6.61 Å². The van der Waals surface area contributed by atoms with E-state index in [1.54, 1.807) is 34.1 Å². The summed E-state index contributed by atoms with van der Waals surface area (Å²) >= 11 is 0. The van der Waals surface area contributed by atoms with Gasteiger partial charge in [-0.05, 0) is 87.7 Å². The maximum atomic E-state index is 13.1. The summed E-state index contributed by atoms with van der Waals surface area (Å²) in [7, 11) is 0. The van der Waals surface area contributed by atoms with E-state index in [-0.39, 0.29) is 24.3 Å². The number of rotatable bonds is 8. The van der Waals surface area contributed by atoms with Crippen LogP contribution in [0.3, 0.4) is 0 Å². The van der Waals surface area contributed by atoms with Crippen LogP contribution in [0.2, 0.25) is 0 Å². The van der Waals surface area contributed by atoms with E-state index in [2.05, 4.69) is 4.90 Å². The van der Waals surface area contributed by atoms with Gasteiger partial charge in [-0.15, -0.1) is 0 Å². The molecule has 196 valence electrons. The fraction of sp³-hybridized carbons (Fsp3) is 0.483. The number of ether oxygens (including phenoxy) is 1. The lowest BCUT2D eigenvalue weighted by molar-refractivity contribution is -0.120. The highest BCUT2D eigenvalue weighted by atomic mass is 16.5. The summed E-state index contributed by atoms with van der Waals surface area (Å²) < 4.78 is 5.88. The Hall–Kier alpha value is -3.39. The molecule has 3 fully saturated rings. The van der Waals surface area contributed by atoms with Crippen LogP contribution >= 0.6 is 0 Å². The molecule has 8 nitrogen and oxygen atoms in total. The van der Waals surface area contributed by atoms with Crippen molar-refractivity contribution in [3.63, 3.8) is 0 Å². The molecule has 37 heavy (non-hydrogen) atoms. The molecule has 0 bridgehead atoms. The van der Waals surface area contributed by atoms with Gasteiger partial charge >= 0.3 is 0 Å². The van der Waals surface area contributed by atoms with Crippen LogP contribution in [0, 0.1) is 0 Å². The fourth-order valence-electron chi connectivity index (χ4n) is 5.40. The lowest BCUT2D eigenvalue weighted by atomic mass is 10.1. The van der Waals surface area contributed by atoms with Crippen molar-refractivity contribution >= 4 is 23.4 Å². The average molecular weight is 505 g/mol. The molecule has 0 spiro atoms. The number of carbonyl (C=O) groups excluding carboxylic acids is 3. The van der Waals surface area contributed by atoms with Crippen LogP contribution in [-0.4, -0.2) is 91.4 Å². The second-order valence-electron chi connectivity index (χ2n) is 10.1. The van der Waals surface area contributed by atoms with E-state index in [9.17, 15) is 14.4 Å². The Kier molecular flexibility index (Phi) is 8.04. The van der Waals surface area contributed by atoms with Crippen LogP contribution in [0.4, 0.5) is 5.69 Å². The van der Waals surface area contributed by atoms with Crippen LogP contribution in [0.15, 0.2) is 48.5 Å². The standard InChI is InChI=1S/C29H36N4O4/c34-27-22-32(29(36)24-8-5-7-23(21-24)28(35)31-16-3-4-17-31)18-19-33(27)25-9-11-26(12-10-25)37-20-6-15-30-13-1-2-14-30/h5,7-12,21H,1-4,6,13-20,22H2. The summed E-state index contributed by atoms with van der Waals surface area (Å²) in [5.74, 6) is 0.423. The molecule has 0 atom stereocenters. The van der Waals surface area contributed by atoms with Gasteiger partial charge in [0.15, 0.2) is 0 Å². The highest BCUT2D eigenvalue weighted by Gasteiger charge is 2.29. The van der Waals surface area contributed by atoms with Gasteiger partial charge in [0.25, 0.3) is 11.8 Å². The Bertz CT molecular complexity index is 1110. The zero-order valence-electron chi connectivity index (χ0n) is 21.4. The molecule has 0 unspecified atom stereocenters. The molecule has 8 heteroatoms. The molecule has 0 radical (unpaired) electrons. The predicted octanol–water partition coefficient (Wildman–Crippen LogP) is 3.28. The molecule has 0 N–H and O–H groups in total. The van der Waals surface area contributed by atoms with Crippen LogP contribution in [0.25, 0.3) is 0 Å². The number of likely N-dealkylation sites (tertiary alicyclic amines) is 2. The Labute approximate surface area is 218 Å². The lowest BCUT2D eigenvalue weighted by Crippen LogP contribution is -2.52. The first kappa shape index (κ1) is 25.3. The van der Waals surface area contributed by atoms with E-state index in [1.807, 2.05) is 29.2 Å². The average Bonchev–Trinajstić information content (AvgIpc) is 3.66. The van der Waals surface area contributed by atoms with Gasteiger partial charge in [-0.2, -0.15) is 0 Å². The Balaban J connectivity index is 1.13. The van der Waals surface area contributed by atoms with E-state index in [1.165, 1.54) is 25.9 Å². The van der Waals surface area contributed by atoms with Gasteiger partial charge in [-0.25, -0.2) is 0 Å². The Morgan fingerprint density at radius 3 is 2.08 bits per heavy atom. The lowest BCUT2D eigenvalue weighted by Gasteiger charge is -2.34. The highest BCUT2D eigenvalue weighted by molar-refractivity contribution is 6.03. The first-order chi connectivity index (χ1) is 18.1. The normalized spacial score (nSPS) is 18.5. The monoisotopic (exact) mass is 504 g/mol. The van der Waals surface area contributed by atoms with Gasteiger partial charge in [-0.1, -0.05) is 6.07 Å². The van der Waals surface area contributed by atoms with E-state index in [0.29, 0.717) is 30.8 Å². The first-order valence-corrected chi connectivity index (χ1v) is 13.5. The second-order valence-corrected chi connectivity index (χ2v) is 10.1. The van der Waals surface area contributed by atoms with Crippen LogP contribution in [-0.2, 0) is 4.79 Å². The number of hydrogen-bond donors (Lipinski definition) is 0. The quantitative estimate of drug-likeness (QED) is 0.516. The van der Waals surface area contributed by atoms with Crippen LogP contribution in [0.5, 0.6) is 5.75 Å². The SMILES string of the molecule is O=C(c1cccc(C(=O)N2CCN(c3ccc(OCCCN4CCCC4)cc3)C(=O)C2)c1)N1CCCC1. The van der Waals surface area contributed by atoms with Crippen LogP contribution in [0.1, 0.15) is 52.8 Å². The third-order valence-corrected chi connectivity index (χ3v) is 7.49. The van der Waals surface area contributed by atoms with Crippen molar-refractivity contribution in [1.29, 1.82) is 0 Å². The maximum absolute atomic E-state index is 13.1. The molecule has 3 aliphatic rings. The minimum Gasteiger partial charge on any atom is -0.494 e. The molecule has 0 aromatic heterocycles. The van der Waals surface area contributed by atoms with Gasteiger partial charge in [0, 0.05) is 49.5 Å². The molecule has 5 rings (SSSR count). The molecule has 0 aliphatic carbocycles. The Morgan fingerprint density at radius 2 is 1.41 bits per heavy atom. The minimum absolute atomic E-state index is 0.0118. The van der Waals surface area contributed by atoms with Gasteiger partial charge in [0.2, 0.25) is 5.91 Å². The molecule has 3 heterocycles. The molecular weight excluding hydrogens is 468 g/mol. The number of benzene rings is 2. The van der Waals surface area contributed by atoms with E-state index in [0.717, 1.165) is 50.3 Å². The number of carbonyl (C=O) groups is 3. The third kappa shape index (κ3) is 6.13. The van der Waals surface area contributed by atoms with Crippen molar-refractivity contribution in [2.24, 2.45) is 0 Å². The smallest absolute Gasteiger partial charge is 0.254 e. The molecule has 3 saturated heterocycles. The van der Waals surface area contributed by atoms with Crippen molar-refractivity contribution in [2.45, 2.75) is 32.1 Å². The first-order valence-electron chi connectivity index (χ1n) is 13.5. The summed E-state index contributed by atoms with van der Waals surface area (Å²) in [5, 5.41) is 0. The molecule has 3 aliphatic heterocycles. The van der Waals surface area contributed by atoms with Crippen molar-refractivity contribution in [3.05, 3.63) is 59.7 Å². The topological polar surface area (TPSA) is 73.4 Å². The summed E-state index contributed by atoms with van der Waals surface area (Å²) in [6.07, 6.45) is 5.65. The van der Waals surface area contributed by atoms with Crippen LogP contribution < -0.4 is 9.64 Å². The van der Waals surface area contributed by atoms with Gasteiger partial charge in [-0.3, -0.25) is 14.4 Å². The molecule has 3 amide bonds. The van der Waals surface area contributed by atoms with E-state index >= 15 is 0 Å². The summed E-state index contributed by atoms with van der Waals surface area (Å²) in [6, 6.07) is 14.5. The zero-order chi connectivity index (χ0) is 25.6. The zero-order valence-corrected chi connectivity index (χ0v) is 21.4. The summed E-state index contributed by atoms with van der Waals surface area (Å²) in [4.78, 5) is 46.4. The largest absolute Gasteiger partial charge is 0.494 e. The van der Waals surface area contributed by atoms with Gasteiger partial charge in [0.1, 0.15) is 12.3 Å². The minimum atomic E-state index is -0.221. The second kappa shape index (κ2) is 11.8. The van der Waals surface area contributed by atoms with E-state index < -0.39 is 0 Å². The van der Waals surface area contributed by atoms with Crippen molar-refractivity contribution in [1.82, 2.24) is 14.7 Å². The fourth-order valence-corrected chi connectivity index (χ4v) is 5.40. The Morgan fingerprint density at radius 1 is 0.757 bits per heavy atom. The number of hydrogen-bond acceptors (Lipinski definition) is 5. The predicted molar refractivity (Wildman–Crippen MR) is 142 cm³/mol. The summed E-state index contributed by atoms with van der Waals surface area (Å²) in [6.45, 7) is 6.56. The molecule has 0 saturated carbocycles. The van der Waals surface area contributed by atoms with Gasteiger partial charge < -0.3 is 24.3 Å². The summed E-state index contributed by atoms with van der Waals surface area (Å²) in [5.41, 5.74) is 1.77. The van der Waals surface area contributed by atoms with Crippen molar-refractivity contribution < 1.29 is 19.1 Å². The molecule has 2 aromatic carbocycles. The van der Waals surface area contributed by atoms with Crippen molar-refractivity contribution in [2.75, 3.05) is 63.9 Å². The third-order valence-electron chi connectivity index (χ3n) is 7.49. The maximum Gasteiger partial charge on any atom is 0.254 e. The van der Waals surface area contributed by atoms with Crippen molar-refractivity contribution in [3.8, 4) is 5.75 Å². The highest BCUT2D eigenvalue weighted by Crippen LogP contribution is 2.23.